The Morgan fingerprint density at radius 1 is 1.08 bits per heavy atom. The van der Waals surface area contributed by atoms with E-state index in [1.807, 2.05) is 12.1 Å². The van der Waals surface area contributed by atoms with Crippen molar-refractivity contribution in [1.29, 1.82) is 0 Å². The fraction of sp³-hybridized carbons (Fsp3) is 0.238. The summed E-state index contributed by atoms with van der Waals surface area (Å²) in [5, 5.41) is 3.32. The Kier molecular flexibility index (Phi) is 3.87. The summed E-state index contributed by atoms with van der Waals surface area (Å²) < 4.78 is 13.2. The van der Waals surface area contributed by atoms with E-state index >= 15 is 0 Å². The van der Waals surface area contributed by atoms with Gasteiger partial charge in [0.05, 0.1) is 16.9 Å². The van der Waals surface area contributed by atoms with Crippen molar-refractivity contribution in [3.63, 3.8) is 0 Å². The van der Waals surface area contributed by atoms with Crippen LogP contribution in [0.2, 0.25) is 0 Å². The third-order valence-electron chi connectivity index (χ3n) is 4.73. The number of aromatic nitrogens is 2. The minimum Gasteiger partial charge on any atom is -0.356 e. The maximum Gasteiger partial charge on any atom is 0.167 e. The van der Waals surface area contributed by atoms with Gasteiger partial charge in [-0.15, -0.1) is 0 Å². The molecule has 5 heteroatoms. The molecule has 1 aliphatic carbocycles. The number of hydrogen-bond acceptors (Lipinski definition) is 3. The summed E-state index contributed by atoms with van der Waals surface area (Å²) in [6.45, 7) is 4.21. The standard InChI is InChI=1S/C21H20FN3O/c1-21(2)11-16-18(17(26)12-21)20(24-15-5-3-14(22)4-6-15)19(25-16)13-7-9-23-10-8-13/h3-10,24-25H,11-12H2,1-2H3. The van der Waals surface area contributed by atoms with Crippen molar-refractivity contribution in [2.75, 3.05) is 5.32 Å². The second-order valence-electron chi connectivity index (χ2n) is 7.54. The monoisotopic (exact) mass is 349 g/mol. The number of hydrogen-bond donors (Lipinski definition) is 2. The highest BCUT2D eigenvalue weighted by Crippen LogP contribution is 2.43. The fourth-order valence-corrected chi connectivity index (χ4v) is 3.59. The van der Waals surface area contributed by atoms with Gasteiger partial charge in [0.2, 0.25) is 0 Å². The molecule has 0 aliphatic heterocycles. The van der Waals surface area contributed by atoms with Gasteiger partial charge in [0.15, 0.2) is 5.78 Å². The third-order valence-corrected chi connectivity index (χ3v) is 4.73. The zero-order valence-electron chi connectivity index (χ0n) is 14.8. The van der Waals surface area contributed by atoms with Crippen molar-refractivity contribution >= 4 is 17.2 Å². The summed E-state index contributed by atoms with van der Waals surface area (Å²) in [6.07, 6.45) is 4.76. The Balaban J connectivity index is 1.86. The Hall–Kier alpha value is -2.95. The van der Waals surface area contributed by atoms with Crippen molar-refractivity contribution in [2.45, 2.75) is 26.7 Å². The number of nitrogens with one attached hydrogen (secondary N) is 2. The van der Waals surface area contributed by atoms with Crippen LogP contribution >= 0.6 is 0 Å². The van der Waals surface area contributed by atoms with Gasteiger partial charge in [0.25, 0.3) is 0 Å². The van der Waals surface area contributed by atoms with Crippen LogP contribution in [0.15, 0.2) is 48.8 Å². The van der Waals surface area contributed by atoms with Gasteiger partial charge >= 0.3 is 0 Å². The maximum atomic E-state index is 13.2. The average molecular weight is 349 g/mol. The Morgan fingerprint density at radius 2 is 1.77 bits per heavy atom. The van der Waals surface area contributed by atoms with Crippen molar-refractivity contribution in [1.82, 2.24) is 9.97 Å². The highest BCUT2D eigenvalue weighted by Gasteiger charge is 2.35. The van der Waals surface area contributed by atoms with E-state index in [4.69, 9.17) is 0 Å². The van der Waals surface area contributed by atoms with Crippen molar-refractivity contribution in [3.8, 4) is 11.3 Å². The van der Waals surface area contributed by atoms with Crippen LogP contribution in [0, 0.1) is 11.2 Å². The molecule has 0 atom stereocenters. The number of carbonyl (C=O) groups is 1. The van der Waals surface area contributed by atoms with Gasteiger partial charge in [-0.2, -0.15) is 0 Å². The predicted molar refractivity (Wildman–Crippen MR) is 100 cm³/mol. The van der Waals surface area contributed by atoms with Crippen LogP contribution in [-0.4, -0.2) is 15.8 Å². The van der Waals surface area contributed by atoms with Gasteiger partial charge in [0.1, 0.15) is 5.82 Å². The molecule has 1 aromatic carbocycles. The molecule has 0 radical (unpaired) electrons. The highest BCUT2D eigenvalue weighted by atomic mass is 19.1. The molecule has 2 N–H and O–H groups in total. The lowest BCUT2D eigenvalue weighted by Gasteiger charge is -2.28. The first-order valence-electron chi connectivity index (χ1n) is 8.64. The lowest BCUT2D eigenvalue weighted by Crippen LogP contribution is -2.26. The van der Waals surface area contributed by atoms with Crippen LogP contribution in [-0.2, 0) is 6.42 Å². The minimum absolute atomic E-state index is 0.0718. The quantitative estimate of drug-likeness (QED) is 0.690. The van der Waals surface area contributed by atoms with E-state index in [-0.39, 0.29) is 17.0 Å². The molecule has 3 aromatic rings. The first kappa shape index (κ1) is 16.5. The fourth-order valence-electron chi connectivity index (χ4n) is 3.59. The van der Waals surface area contributed by atoms with Crippen molar-refractivity contribution < 1.29 is 9.18 Å². The topological polar surface area (TPSA) is 57.8 Å². The Labute approximate surface area is 151 Å². The molecule has 0 saturated heterocycles. The number of Topliss-reactive ketones (excluding diaryl/α,β-unsaturated/α-hetero) is 1. The molecule has 4 nitrogen and oxygen atoms in total. The van der Waals surface area contributed by atoms with Crippen molar-refractivity contribution in [2.24, 2.45) is 5.41 Å². The van der Waals surface area contributed by atoms with Crippen LogP contribution in [0.4, 0.5) is 15.8 Å². The summed E-state index contributed by atoms with van der Waals surface area (Å²) in [5.74, 6) is -0.170. The van der Waals surface area contributed by atoms with Gasteiger partial charge < -0.3 is 10.3 Å². The highest BCUT2D eigenvalue weighted by molar-refractivity contribution is 6.07. The summed E-state index contributed by atoms with van der Waals surface area (Å²) in [7, 11) is 0. The van der Waals surface area contributed by atoms with E-state index in [9.17, 15) is 9.18 Å². The average Bonchev–Trinajstić information content (AvgIpc) is 2.95. The first-order valence-corrected chi connectivity index (χ1v) is 8.64. The number of ketones is 1. The van der Waals surface area contributed by atoms with Crippen LogP contribution in [0.3, 0.4) is 0 Å². The van der Waals surface area contributed by atoms with Gasteiger partial charge in [-0.05, 0) is 48.2 Å². The SMILES string of the molecule is CC1(C)CC(=O)c2c([nH]c(-c3ccncc3)c2Nc2ccc(F)cc2)C1. The lowest BCUT2D eigenvalue weighted by molar-refractivity contribution is 0.0912. The molecular weight excluding hydrogens is 329 g/mol. The number of aromatic amines is 1. The predicted octanol–water partition coefficient (Wildman–Crippen LogP) is 5.11. The van der Waals surface area contributed by atoms with Gasteiger partial charge in [-0.25, -0.2) is 4.39 Å². The molecule has 0 bridgehead atoms. The summed E-state index contributed by atoms with van der Waals surface area (Å²) >= 11 is 0. The lowest BCUT2D eigenvalue weighted by atomic mass is 9.76. The van der Waals surface area contributed by atoms with E-state index in [0.717, 1.165) is 34.7 Å². The molecule has 132 valence electrons. The van der Waals surface area contributed by atoms with Gasteiger partial charge in [0, 0.05) is 35.8 Å². The largest absolute Gasteiger partial charge is 0.356 e. The van der Waals surface area contributed by atoms with E-state index < -0.39 is 0 Å². The molecule has 1 aliphatic rings. The van der Waals surface area contributed by atoms with Crippen LogP contribution in [0.25, 0.3) is 11.3 Å². The molecule has 0 spiro atoms. The van der Waals surface area contributed by atoms with Crippen LogP contribution < -0.4 is 5.32 Å². The zero-order valence-corrected chi connectivity index (χ0v) is 14.8. The van der Waals surface area contributed by atoms with Gasteiger partial charge in [-0.1, -0.05) is 13.8 Å². The number of nitrogens with zero attached hydrogens (tertiary/aromatic N) is 1. The van der Waals surface area contributed by atoms with E-state index in [1.165, 1.54) is 12.1 Å². The van der Waals surface area contributed by atoms with Crippen molar-refractivity contribution in [3.05, 3.63) is 65.9 Å². The number of pyridine rings is 1. The second-order valence-corrected chi connectivity index (χ2v) is 7.54. The minimum atomic E-state index is -0.293. The molecule has 4 rings (SSSR count). The summed E-state index contributed by atoms with van der Waals surface area (Å²) in [6, 6.07) is 9.95. The number of rotatable bonds is 3. The molecule has 26 heavy (non-hydrogen) atoms. The second kappa shape index (κ2) is 6.09. The number of benzene rings is 1. The molecule has 2 aromatic heterocycles. The molecule has 2 heterocycles. The van der Waals surface area contributed by atoms with Gasteiger partial charge in [-0.3, -0.25) is 9.78 Å². The smallest absolute Gasteiger partial charge is 0.167 e. The molecular formula is C21H20FN3O. The Bertz CT molecular complexity index is 959. The Morgan fingerprint density at radius 3 is 2.46 bits per heavy atom. The maximum absolute atomic E-state index is 13.2. The summed E-state index contributed by atoms with van der Waals surface area (Å²) in [5.41, 5.74) is 4.87. The van der Waals surface area contributed by atoms with Crippen LogP contribution in [0.1, 0.15) is 36.3 Å². The normalized spacial score (nSPS) is 15.6. The molecule has 0 unspecified atom stereocenters. The number of halogens is 1. The number of anilines is 2. The first-order chi connectivity index (χ1) is 12.4. The summed E-state index contributed by atoms with van der Waals surface area (Å²) in [4.78, 5) is 20.4. The van der Waals surface area contributed by atoms with E-state index in [0.29, 0.717) is 12.0 Å². The third kappa shape index (κ3) is 3.01. The number of carbonyl (C=O) groups excluding carboxylic acids is 1. The number of fused-ring (bicyclic) bond motifs is 1. The molecule has 0 amide bonds. The molecule has 0 fully saturated rings. The van der Waals surface area contributed by atoms with E-state index in [2.05, 4.69) is 29.1 Å². The molecule has 0 saturated carbocycles. The van der Waals surface area contributed by atoms with Crippen LogP contribution in [0.5, 0.6) is 0 Å². The zero-order chi connectivity index (χ0) is 18.3. The van der Waals surface area contributed by atoms with E-state index in [1.54, 1.807) is 24.5 Å². The number of H-pyrrole nitrogens is 1.